The second-order valence-electron chi connectivity index (χ2n) is 8.87. The predicted octanol–water partition coefficient (Wildman–Crippen LogP) is -1.44. The van der Waals surface area contributed by atoms with E-state index >= 15 is 0 Å². The summed E-state index contributed by atoms with van der Waals surface area (Å²) in [5.41, 5.74) is 6.60. The standard InChI is InChI=1S/C20H26N2O2.C6H10N2O5.Pt/c23-19-11-5-1-7-15(19)13-21-17-9-3-4-10-18(17)22-14-16-8-2-6-12-20(16)24;7-4(9)1-8(2-5(10)11)3-6(12)13;/h1-2,5-8,11-12,17-18,21-24H,3-4,9-10,13-14H2;1-3H2,(H2,7,9)(H,10,11)(H,12,13);/q;;+2/p-2/t17-,18-;;/m1../s1. The molecule has 0 aromatic heterocycles. The van der Waals surface area contributed by atoms with E-state index in [1.165, 1.54) is 12.8 Å². The van der Waals surface area contributed by atoms with Gasteiger partial charge in [0.1, 0.15) is 11.5 Å². The number of hydrogen-bond acceptors (Lipinski definition) is 10. The van der Waals surface area contributed by atoms with Gasteiger partial charge in [0.05, 0.1) is 18.5 Å². The summed E-state index contributed by atoms with van der Waals surface area (Å²) in [6, 6.07) is 15.7. The number of primary amides is 1. The maximum Gasteiger partial charge on any atom is 2.00 e. The molecule has 0 bridgehead atoms. The van der Waals surface area contributed by atoms with Gasteiger partial charge in [0.2, 0.25) is 5.91 Å². The molecule has 0 heterocycles. The van der Waals surface area contributed by atoms with Gasteiger partial charge in [0.15, 0.2) is 0 Å². The molecule has 0 unspecified atom stereocenters. The van der Waals surface area contributed by atoms with Crippen molar-refractivity contribution in [3.05, 3.63) is 59.7 Å². The van der Waals surface area contributed by atoms with Gasteiger partial charge in [-0.2, -0.15) is 0 Å². The third kappa shape index (κ3) is 12.5. The molecular formula is C26H34N4O7Pt. The molecule has 0 radical (unpaired) electrons. The number of carboxylic acid groups (broad SMARTS) is 2. The molecule has 1 aliphatic rings. The van der Waals surface area contributed by atoms with Gasteiger partial charge in [-0.1, -0.05) is 49.2 Å². The first-order chi connectivity index (χ1) is 17.7. The van der Waals surface area contributed by atoms with Crippen molar-refractivity contribution in [2.75, 3.05) is 19.6 Å². The van der Waals surface area contributed by atoms with Crippen molar-refractivity contribution < 1.29 is 55.9 Å². The number of nitrogens with one attached hydrogen (secondary N) is 2. The minimum atomic E-state index is -1.48. The molecule has 12 heteroatoms. The number of aliphatic carboxylic acids is 2. The normalized spacial score (nSPS) is 16.6. The van der Waals surface area contributed by atoms with Crippen LogP contribution >= 0.6 is 0 Å². The van der Waals surface area contributed by atoms with E-state index in [1.54, 1.807) is 12.1 Å². The van der Waals surface area contributed by atoms with E-state index in [4.69, 9.17) is 5.73 Å². The third-order valence-corrected chi connectivity index (χ3v) is 5.94. The van der Waals surface area contributed by atoms with Crippen LogP contribution in [-0.4, -0.2) is 64.7 Å². The van der Waals surface area contributed by atoms with Crippen LogP contribution in [0.15, 0.2) is 48.5 Å². The number of benzene rings is 2. The van der Waals surface area contributed by atoms with Gasteiger partial charge in [-0.15, -0.1) is 0 Å². The van der Waals surface area contributed by atoms with E-state index in [0.29, 0.717) is 36.7 Å². The van der Waals surface area contributed by atoms with Crippen molar-refractivity contribution in [1.82, 2.24) is 15.5 Å². The van der Waals surface area contributed by atoms with E-state index in [0.717, 1.165) is 28.9 Å². The van der Waals surface area contributed by atoms with E-state index in [-0.39, 0.29) is 21.1 Å². The topological polar surface area (TPSA) is 191 Å². The molecule has 2 aromatic rings. The SMILES string of the molecule is NC(=O)CN(CC(=O)[O-])CC(=O)[O-].Oc1ccccc1CN[C@@H]1CCCC[C@H]1NCc1ccccc1O.[Pt+2]. The molecule has 38 heavy (non-hydrogen) atoms. The minimum Gasteiger partial charge on any atom is -0.549 e. The number of nitrogens with zero attached hydrogens (tertiary/aromatic N) is 1. The van der Waals surface area contributed by atoms with Crippen LogP contribution in [0.3, 0.4) is 0 Å². The number of nitrogens with two attached hydrogens (primary N) is 1. The first kappa shape index (κ1) is 33.0. The van der Waals surface area contributed by atoms with Crippen molar-refractivity contribution in [2.24, 2.45) is 5.73 Å². The van der Waals surface area contributed by atoms with Crippen LogP contribution in [-0.2, 0) is 48.5 Å². The maximum atomic E-state index is 10.3. The Labute approximate surface area is 236 Å². The van der Waals surface area contributed by atoms with E-state index < -0.39 is 37.5 Å². The number of carbonyl (C=O) groups is 3. The van der Waals surface area contributed by atoms with Gasteiger partial charge in [-0.25, -0.2) is 0 Å². The molecule has 6 N–H and O–H groups in total. The van der Waals surface area contributed by atoms with Crippen LogP contribution in [0.2, 0.25) is 0 Å². The van der Waals surface area contributed by atoms with Crippen LogP contribution < -0.4 is 26.6 Å². The summed E-state index contributed by atoms with van der Waals surface area (Å²) in [6.07, 6.45) is 4.72. The van der Waals surface area contributed by atoms with Crippen LogP contribution in [0.25, 0.3) is 0 Å². The molecule has 1 amide bonds. The fourth-order valence-corrected chi connectivity index (χ4v) is 4.18. The quantitative estimate of drug-likeness (QED) is 0.175. The number of carbonyl (C=O) groups excluding carboxylic acids is 3. The number of carboxylic acids is 2. The van der Waals surface area contributed by atoms with Crippen molar-refractivity contribution in [2.45, 2.75) is 50.9 Å². The number of phenols is 2. The van der Waals surface area contributed by atoms with Crippen LogP contribution in [0, 0.1) is 0 Å². The second kappa shape index (κ2) is 17.5. The largest absolute Gasteiger partial charge is 2.00 e. The molecule has 1 aliphatic carbocycles. The van der Waals surface area contributed by atoms with E-state index in [1.807, 2.05) is 36.4 Å². The molecule has 0 spiro atoms. The smallest absolute Gasteiger partial charge is 0.549 e. The van der Waals surface area contributed by atoms with Crippen LogP contribution in [0.4, 0.5) is 0 Å². The molecular weight excluding hydrogens is 675 g/mol. The van der Waals surface area contributed by atoms with Gasteiger partial charge >= 0.3 is 21.1 Å². The molecule has 210 valence electrons. The zero-order valence-corrected chi connectivity index (χ0v) is 23.2. The predicted molar refractivity (Wildman–Crippen MR) is 132 cm³/mol. The molecule has 0 aliphatic heterocycles. The Morgan fingerprint density at radius 3 is 1.53 bits per heavy atom. The van der Waals surface area contributed by atoms with E-state index in [9.17, 15) is 34.8 Å². The fraction of sp³-hybridized carbons (Fsp3) is 0.423. The van der Waals surface area contributed by atoms with Gasteiger partial charge in [0.25, 0.3) is 0 Å². The maximum absolute atomic E-state index is 10.3. The zero-order valence-electron chi connectivity index (χ0n) is 20.9. The number of para-hydroxylation sites is 2. The Morgan fingerprint density at radius 2 is 1.18 bits per heavy atom. The van der Waals surface area contributed by atoms with Crippen LogP contribution in [0.1, 0.15) is 36.8 Å². The molecule has 11 nitrogen and oxygen atoms in total. The summed E-state index contributed by atoms with van der Waals surface area (Å²) < 4.78 is 0. The summed E-state index contributed by atoms with van der Waals surface area (Å²) >= 11 is 0. The van der Waals surface area contributed by atoms with Gasteiger partial charge in [-0.05, 0) is 25.0 Å². The van der Waals surface area contributed by atoms with E-state index in [2.05, 4.69) is 10.6 Å². The molecule has 3 rings (SSSR count). The molecule has 1 fully saturated rings. The first-order valence-electron chi connectivity index (χ1n) is 12.1. The molecule has 2 aromatic carbocycles. The Bertz CT molecular complexity index is 945. The summed E-state index contributed by atoms with van der Waals surface area (Å²) in [4.78, 5) is 31.2. The number of aromatic hydroxyl groups is 2. The first-order valence-corrected chi connectivity index (χ1v) is 12.1. The van der Waals surface area contributed by atoms with Crippen molar-refractivity contribution in [1.29, 1.82) is 0 Å². The summed E-state index contributed by atoms with van der Waals surface area (Å²) in [6.45, 7) is -0.450. The average molecular weight is 710 g/mol. The monoisotopic (exact) mass is 709 g/mol. The van der Waals surface area contributed by atoms with Crippen LogP contribution in [0.5, 0.6) is 11.5 Å². The van der Waals surface area contributed by atoms with Crippen molar-refractivity contribution >= 4 is 17.8 Å². The molecule has 2 atom stereocenters. The number of phenolic OH excluding ortho intramolecular Hbond substituents is 2. The number of rotatable bonds is 12. The van der Waals surface area contributed by atoms with Gasteiger partial charge < -0.3 is 46.4 Å². The van der Waals surface area contributed by atoms with Crippen molar-refractivity contribution in [3.63, 3.8) is 0 Å². The Kier molecular flexibility index (Phi) is 15.2. The van der Waals surface area contributed by atoms with Crippen molar-refractivity contribution in [3.8, 4) is 11.5 Å². The summed E-state index contributed by atoms with van der Waals surface area (Å²) in [7, 11) is 0. The number of amides is 1. The minimum absolute atomic E-state index is 0. The number of hydrogen-bond donors (Lipinski definition) is 5. The second-order valence-corrected chi connectivity index (χ2v) is 8.87. The third-order valence-electron chi connectivity index (χ3n) is 5.94. The molecule has 0 saturated heterocycles. The fourth-order valence-electron chi connectivity index (χ4n) is 4.18. The Morgan fingerprint density at radius 1 is 0.789 bits per heavy atom. The average Bonchev–Trinajstić information content (AvgIpc) is 2.83. The molecule has 1 saturated carbocycles. The van der Waals surface area contributed by atoms with Gasteiger partial charge in [0, 0.05) is 49.4 Å². The Hall–Kier alpha value is -2.98. The Balaban J connectivity index is 0.000000444. The summed E-state index contributed by atoms with van der Waals surface area (Å²) in [5.74, 6) is -3.09. The zero-order chi connectivity index (χ0) is 27.2. The summed E-state index contributed by atoms with van der Waals surface area (Å²) in [5, 5.41) is 47.1. The van der Waals surface area contributed by atoms with Gasteiger partial charge in [-0.3, -0.25) is 9.69 Å².